The third-order valence-electron chi connectivity index (χ3n) is 4.50. The van der Waals surface area contributed by atoms with E-state index in [4.69, 9.17) is 10.5 Å². The van der Waals surface area contributed by atoms with Crippen LogP contribution < -0.4 is 15.4 Å². The number of nitrogens with zero attached hydrogens (tertiary/aromatic N) is 5. The summed E-state index contributed by atoms with van der Waals surface area (Å²) in [6.45, 7) is 0. The highest BCUT2D eigenvalue weighted by molar-refractivity contribution is 6.12. The Bertz CT molecular complexity index is 1160. The van der Waals surface area contributed by atoms with Crippen molar-refractivity contribution in [1.29, 1.82) is 0 Å². The Morgan fingerprint density at radius 2 is 1.93 bits per heavy atom. The van der Waals surface area contributed by atoms with Gasteiger partial charge in [-0.2, -0.15) is 5.10 Å². The Kier molecular flexibility index (Phi) is 4.36. The quantitative estimate of drug-likeness (QED) is 0.590. The number of rotatable bonds is 4. The molecule has 3 heterocycles. The summed E-state index contributed by atoms with van der Waals surface area (Å²) in [7, 11) is 3.27. The van der Waals surface area contributed by atoms with Crippen molar-refractivity contribution in [2.45, 2.75) is 0 Å². The fourth-order valence-electron chi connectivity index (χ4n) is 3.07. The van der Waals surface area contributed by atoms with E-state index in [0.29, 0.717) is 22.7 Å². The summed E-state index contributed by atoms with van der Waals surface area (Å²) in [6, 6.07) is 14.7. The molecule has 0 unspecified atom stereocenters. The van der Waals surface area contributed by atoms with Crippen LogP contribution in [0.4, 0.5) is 11.5 Å². The Morgan fingerprint density at radius 3 is 2.68 bits per heavy atom. The van der Waals surface area contributed by atoms with Crippen LogP contribution in [0.1, 0.15) is 10.4 Å². The number of aromatic nitrogens is 4. The van der Waals surface area contributed by atoms with Crippen LogP contribution in [-0.2, 0) is 0 Å². The van der Waals surface area contributed by atoms with E-state index in [2.05, 4.69) is 15.1 Å². The summed E-state index contributed by atoms with van der Waals surface area (Å²) in [5, 5.41) is 4.30. The lowest BCUT2D eigenvalue weighted by Gasteiger charge is -2.16. The second-order valence-corrected chi connectivity index (χ2v) is 6.14. The number of hydrogen-bond acceptors (Lipinski definition) is 6. The zero-order chi connectivity index (χ0) is 19.7. The largest absolute Gasteiger partial charge is 0.481 e. The third kappa shape index (κ3) is 2.90. The molecule has 1 aromatic carbocycles. The molecule has 0 radical (unpaired) electrons. The number of amides is 1. The number of nitrogens with two attached hydrogens (primary N) is 1. The average Bonchev–Trinajstić information content (AvgIpc) is 3.14. The SMILES string of the molecule is COc1cc(-c2cc(C(=O)N(C)c3ccccc3)c3c(N)ncnn23)ccn1. The Morgan fingerprint density at radius 1 is 1.14 bits per heavy atom. The van der Waals surface area contributed by atoms with Crippen molar-refractivity contribution in [3.05, 3.63) is 66.6 Å². The van der Waals surface area contributed by atoms with E-state index in [1.54, 1.807) is 41.9 Å². The van der Waals surface area contributed by atoms with E-state index in [-0.39, 0.29) is 11.7 Å². The van der Waals surface area contributed by atoms with Gasteiger partial charge >= 0.3 is 0 Å². The van der Waals surface area contributed by atoms with Gasteiger partial charge in [0.15, 0.2) is 5.82 Å². The summed E-state index contributed by atoms with van der Waals surface area (Å²) in [5.41, 5.74) is 9.23. The second kappa shape index (κ2) is 6.99. The lowest BCUT2D eigenvalue weighted by molar-refractivity contribution is 0.0994. The fraction of sp³-hybridized carbons (Fsp3) is 0.100. The molecule has 140 valence electrons. The molecule has 0 spiro atoms. The molecule has 0 saturated heterocycles. The van der Waals surface area contributed by atoms with Crippen LogP contribution in [-0.4, -0.2) is 39.6 Å². The summed E-state index contributed by atoms with van der Waals surface area (Å²) >= 11 is 0. The number of hydrogen-bond donors (Lipinski definition) is 1. The van der Waals surface area contributed by atoms with Gasteiger partial charge in [0.2, 0.25) is 5.88 Å². The van der Waals surface area contributed by atoms with E-state index >= 15 is 0 Å². The number of para-hydroxylation sites is 1. The lowest BCUT2D eigenvalue weighted by Crippen LogP contribution is -2.26. The van der Waals surface area contributed by atoms with Crippen LogP contribution in [0.3, 0.4) is 0 Å². The highest BCUT2D eigenvalue weighted by Gasteiger charge is 2.23. The number of carbonyl (C=O) groups excluding carboxylic acids is 1. The zero-order valence-corrected chi connectivity index (χ0v) is 15.4. The maximum Gasteiger partial charge on any atom is 0.260 e. The molecule has 0 atom stereocenters. The van der Waals surface area contributed by atoms with Crippen molar-refractivity contribution in [1.82, 2.24) is 19.6 Å². The van der Waals surface area contributed by atoms with Gasteiger partial charge in [-0.05, 0) is 24.3 Å². The van der Waals surface area contributed by atoms with Crippen molar-refractivity contribution in [2.24, 2.45) is 0 Å². The van der Waals surface area contributed by atoms with E-state index in [9.17, 15) is 4.79 Å². The van der Waals surface area contributed by atoms with Crippen LogP contribution in [0.25, 0.3) is 16.8 Å². The van der Waals surface area contributed by atoms with Crippen molar-refractivity contribution in [3.63, 3.8) is 0 Å². The first-order valence-corrected chi connectivity index (χ1v) is 8.56. The fourth-order valence-corrected chi connectivity index (χ4v) is 3.07. The number of pyridine rings is 1. The van der Waals surface area contributed by atoms with Gasteiger partial charge in [-0.1, -0.05) is 18.2 Å². The molecule has 8 heteroatoms. The topological polar surface area (TPSA) is 98.6 Å². The average molecular weight is 374 g/mol. The maximum atomic E-state index is 13.2. The number of fused-ring (bicyclic) bond motifs is 1. The highest BCUT2D eigenvalue weighted by Crippen LogP contribution is 2.30. The van der Waals surface area contributed by atoms with E-state index in [0.717, 1.165) is 11.3 Å². The molecule has 0 aliphatic rings. The van der Waals surface area contributed by atoms with Gasteiger partial charge in [-0.15, -0.1) is 0 Å². The number of methoxy groups -OCH3 is 1. The molecule has 8 nitrogen and oxygen atoms in total. The maximum absolute atomic E-state index is 13.2. The summed E-state index contributed by atoms with van der Waals surface area (Å²) in [4.78, 5) is 23.0. The Labute approximate surface area is 161 Å². The minimum absolute atomic E-state index is 0.211. The molecule has 0 bridgehead atoms. The molecule has 1 amide bonds. The predicted octanol–water partition coefficient (Wildman–Crippen LogP) is 2.66. The van der Waals surface area contributed by atoms with Gasteiger partial charge in [0, 0.05) is 30.6 Å². The van der Waals surface area contributed by atoms with Crippen LogP contribution in [0.5, 0.6) is 5.88 Å². The number of ether oxygens (including phenoxy) is 1. The first kappa shape index (κ1) is 17.5. The van der Waals surface area contributed by atoms with Gasteiger partial charge in [0.25, 0.3) is 5.91 Å². The molecular weight excluding hydrogens is 356 g/mol. The molecule has 2 N–H and O–H groups in total. The Hall–Kier alpha value is -3.94. The van der Waals surface area contributed by atoms with E-state index < -0.39 is 0 Å². The monoisotopic (exact) mass is 374 g/mol. The minimum atomic E-state index is -0.211. The lowest BCUT2D eigenvalue weighted by atomic mass is 10.1. The first-order chi connectivity index (χ1) is 13.6. The predicted molar refractivity (Wildman–Crippen MR) is 106 cm³/mol. The van der Waals surface area contributed by atoms with Crippen LogP contribution in [0.2, 0.25) is 0 Å². The van der Waals surface area contributed by atoms with Crippen LogP contribution >= 0.6 is 0 Å². The van der Waals surface area contributed by atoms with Crippen molar-refractivity contribution < 1.29 is 9.53 Å². The van der Waals surface area contributed by atoms with E-state index in [1.807, 2.05) is 36.4 Å². The van der Waals surface area contributed by atoms with Crippen molar-refractivity contribution in [3.8, 4) is 17.1 Å². The second-order valence-electron chi connectivity index (χ2n) is 6.14. The third-order valence-corrected chi connectivity index (χ3v) is 4.50. The first-order valence-electron chi connectivity index (χ1n) is 8.56. The number of carbonyl (C=O) groups is 1. The number of nitrogen functional groups attached to an aromatic ring is 1. The molecule has 0 aliphatic carbocycles. The van der Waals surface area contributed by atoms with Gasteiger partial charge in [-0.25, -0.2) is 14.5 Å². The van der Waals surface area contributed by atoms with Crippen LogP contribution in [0, 0.1) is 0 Å². The molecule has 3 aromatic heterocycles. The molecule has 4 rings (SSSR count). The minimum Gasteiger partial charge on any atom is -0.481 e. The Balaban J connectivity index is 1.89. The smallest absolute Gasteiger partial charge is 0.260 e. The van der Waals surface area contributed by atoms with Crippen molar-refractivity contribution in [2.75, 3.05) is 24.8 Å². The standard InChI is InChI=1S/C20H18N6O2/c1-25(14-6-4-3-5-7-14)20(27)15-11-16(13-8-9-22-17(10-13)28-2)26-18(15)19(21)23-12-24-26/h3-12H,1-2H3,(H2,21,23,24). The normalized spacial score (nSPS) is 10.8. The molecular formula is C20H18N6O2. The number of anilines is 2. The van der Waals surface area contributed by atoms with Gasteiger partial charge in [-0.3, -0.25) is 4.79 Å². The molecule has 28 heavy (non-hydrogen) atoms. The van der Waals surface area contributed by atoms with E-state index in [1.165, 1.54) is 6.33 Å². The summed E-state index contributed by atoms with van der Waals surface area (Å²) in [6.07, 6.45) is 3.00. The van der Waals surface area contributed by atoms with Gasteiger partial charge in [0.05, 0.1) is 18.4 Å². The molecule has 0 aliphatic heterocycles. The van der Waals surface area contributed by atoms with Crippen LogP contribution in [0.15, 0.2) is 61.1 Å². The molecule has 0 saturated carbocycles. The zero-order valence-electron chi connectivity index (χ0n) is 15.4. The molecule has 4 aromatic rings. The van der Waals surface area contributed by atoms with Crippen molar-refractivity contribution >= 4 is 22.9 Å². The number of benzene rings is 1. The highest BCUT2D eigenvalue weighted by atomic mass is 16.5. The molecule has 0 fully saturated rings. The summed E-state index contributed by atoms with van der Waals surface area (Å²) in [5.74, 6) is 0.480. The van der Waals surface area contributed by atoms with Gasteiger partial charge < -0.3 is 15.4 Å². The summed E-state index contributed by atoms with van der Waals surface area (Å²) < 4.78 is 6.82. The van der Waals surface area contributed by atoms with Gasteiger partial charge in [0.1, 0.15) is 11.8 Å².